The second kappa shape index (κ2) is 6.83. The van der Waals surface area contributed by atoms with Crippen LogP contribution in [0.15, 0.2) is 12.1 Å². The van der Waals surface area contributed by atoms with Crippen LogP contribution in [0.5, 0.6) is 0 Å². The molecule has 0 saturated carbocycles. The summed E-state index contributed by atoms with van der Waals surface area (Å²) in [6, 6.07) is 3.76. The van der Waals surface area contributed by atoms with Crippen molar-refractivity contribution < 1.29 is 4.79 Å². The molecule has 0 aliphatic rings. The monoisotopic (exact) mass is 236 g/mol. The maximum atomic E-state index is 11.7. The Kier molecular flexibility index (Phi) is 5.39. The molecular formula is C12H20N4O. The van der Waals surface area contributed by atoms with Crippen molar-refractivity contribution in [2.24, 2.45) is 0 Å². The van der Waals surface area contributed by atoms with Crippen LogP contribution in [-0.2, 0) is 4.79 Å². The molecular weight excluding hydrogens is 216 g/mol. The maximum Gasteiger partial charge on any atom is 0.224 e. The van der Waals surface area contributed by atoms with Crippen LogP contribution in [-0.4, -0.2) is 40.6 Å². The lowest BCUT2D eigenvalue weighted by molar-refractivity contribution is -0.130. The van der Waals surface area contributed by atoms with Gasteiger partial charge in [0.15, 0.2) is 0 Å². The fourth-order valence-corrected chi connectivity index (χ4v) is 1.53. The molecule has 1 aromatic rings. The summed E-state index contributed by atoms with van der Waals surface area (Å²) in [6.45, 7) is 7.98. The van der Waals surface area contributed by atoms with Gasteiger partial charge < -0.3 is 10.2 Å². The highest BCUT2D eigenvalue weighted by Gasteiger charge is 2.08. The van der Waals surface area contributed by atoms with Crippen molar-refractivity contribution in [1.82, 2.24) is 15.1 Å². The van der Waals surface area contributed by atoms with Gasteiger partial charge in [-0.2, -0.15) is 5.10 Å². The molecule has 0 aliphatic heterocycles. The first-order chi connectivity index (χ1) is 8.17. The van der Waals surface area contributed by atoms with Crippen molar-refractivity contribution in [1.29, 1.82) is 0 Å². The Morgan fingerprint density at radius 2 is 2.00 bits per heavy atom. The molecule has 1 N–H and O–H groups in total. The average molecular weight is 236 g/mol. The zero-order valence-electron chi connectivity index (χ0n) is 10.7. The summed E-state index contributed by atoms with van der Waals surface area (Å²) < 4.78 is 0. The van der Waals surface area contributed by atoms with E-state index in [-0.39, 0.29) is 5.91 Å². The number of nitrogens with one attached hydrogen (secondary N) is 1. The number of aryl methyl sites for hydroxylation is 1. The van der Waals surface area contributed by atoms with Gasteiger partial charge in [-0.25, -0.2) is 0 Å². The number of nitrogens with zero attached hydrogens (tertiary/aromatic N) is 3. The highest BCUT2D eigenvalue weighted by molar-refractivity contribution is 5.76. The predicted molar refractivity (Wildman–Crippen MR) is 67.8 cm³/mol. The quantitative estimate of drug-likeness (QED) is 0.812. The molecule has 5 nitrogen and oxygen atoms in total. The van der Waals surface area contributed by atoms with Crippen molar-refractivity contribution in [3.63, 3.8) is 0 Å². The van der Waals surface area contributed by atoms with Crippen molar-refractivity contribution in [3.05, 3.63) is 17.8 Å². The Morgan fingerprint density at radius 3 is 2.53 bits per heavy atom. The second-order valence-corrected chi connectivity index (χ2v) is 3.80. The number of aromatic nitrogens is 2. The zero-order chi connectivity index (χ0) is 12.7. The third kappa shape index (κ3) is 4.38. The first kappa shape index (κ1) is 13.4. The number of hydrogen-bond donors (Lipinski definition) is 1. The molecule has 1 rings (SSSR count). The van der Waals surface area contributed by atoms with Crippen LogP contribution >= 0.6 is 0 Å². The molecule has 0 unspecified atom stereocenters. The van der Waals surface area contributed by atoms with Crippen LogP contribution in [0.2, 0.25) is 0 Å². The lowest BCUT2D eigenvalue weighted by Gasteiger charge is -2.18. The Bertz CT molecular complexity index is 346. The van der Waals surface area contributed by atoms with Gasteiger partial charge in [0.25, 0.3) is 0 Å². The summed E-state index contributed by atoms with van der Waals surface area (Å²) in [7, 11) is 0. The Balaban J connectivity index is 2.32. The molecule has 0 saturated heterocycles. The molecule has 0 aromatic carbocycles. The third-order valence-corrected chi connectivity index (χ3v) is 2.56. The minimum atomic E-state index is 0.169. The normalized spacial score (nSPS) is 10.1. The van der Waals surface area contributed by atoms with Gasteiger partial charge in [0.05, 0.1) is 5.69 Å². The van der Waals surface area contributed by atoms with E-state index in [4.69, 9.17) is 0 Å². The number of amides is 1. The smallest absolute Gasteiger partial charge is 0.224 e. The minimum Gasteiger partial charge on any atom is -0.368 e. The SMILES string of the molecule is CCN(CC)C(=O)CCNc1ccc(C)nn1. The number of carbonyl (C=O) groups excluding carboxylic acids is 1. The van der Waals surface area contributed by atoms with Gasteiger partial charge in [0.2, 0.25) is 5.91 Å². The van der Waals surface area contributed by atoms with E-state index in [2.05, 4.69) is 15.5 Å². The summed E-state index contributed by atoms with van der Waals surface area (Å²) >= 11 is 0. The lowest BCUT2D eigenvalue weighted by atomic mass is 10.3. The van der Waals surface area contributed by atoms with E-state index >= 15 is 0 Å². The highest BCUT2D eigenvalue weighted by atomic mass is 16.2. The first-order valence-electron chi connectivity index (χ1n) is 5.99. The van der Waals surface area contributed by atoms with Crippen LogP contribution in [0, 0.1) is 6.92 Å². The molecule has 5 heteroatoms. The molecule has 1 aromatic heterocycles. The summed E-state index contributed by atoms with van der Waals surface area (Å²) in [4.78, 5) is 13.5. The van der Waals surface area contributed by atoms with Crippen molar-refractivity contribution in [2.75, 3.05) is 25.0 Å². The van der Waals surface area contributed by atoms with Crippen LogP contribution in [0.4, 0.5) is 5.82 Å². The van der Waals surface area contributed by atoms with E-state index in [0.717, 1.165) is 18.8 Å². The van der Waals surface area contributed by atoms with Gasteiger partial charge in [-0.1, -0.05) is 0 Å². The van der Waals surface area contributed by atoms with Gasteiger partial charge in [0, 0.05) is 26.1 Å². The van der Waals surface area contributed by atoms with Crippen LogP contribution < -0.4 is 5.32 Å². The number of hydrogen-bond acceptors (Lipinski definition) is 4. The third-order valence-electron chi connectivity index (χ3n) is 2.56. The molecule has 1 amide bonds. The summed E-state index contributed by atoms with van der Waals surface area (Å²) in [6.07, 6.45) is 0.483. The van der Waals surface area contributed by atoms with Gasteiger partial charge in [-0.15, -0.1) is 5.10 Å². The van der Waals surface area contributed by atoms with Gasteiger partial charge in [0.1, 0.15) is 5.82 Å². The molecule has 17 heavy (non-hydrogen) atoms. The number of rotatable bonds is 6. The van der Waals surface area contributed by atoms with Gasteiger partial charge in [-0.3, -0.25) is 4.79 Å². The molecule has 0 atom stereocenters. The topological polar surface area (TPSA) is 58.1 Å². The van der Waals surface area contributed by atoms with E-state index in [1.807, 2.05) is 37.8 Å². The van der Waals surface area contributed by atoms with E-state index in [9.17, 15) is 4.79 Å². The molecule has 0 fully saturated rings. The van der Waals surface area contributed by atoms with Crippen LogP contribution in [0.1, 0.15) is 26.0 Å². The van der Waals surface area contributed by atoms with E-state index < -0.39 is 0 Å². The number of anilines is 1. The second-order valence-electron chi connectivity index (χ2n) is 3.80. The Morgan fingerprint density at radius 1 is 1.29 bits per heavy atom. The summed E-state index contributed by atoms with van der Waals surface area (Å²) in [5.41, 5.74) is 0.884. The lowest BCUT2D eigenvalue weighted by Crippen LogP contribution is -2.31. The summed E-state index contributed by atoms with van der Waals surface area (Å²) in [5, 5.41) is 11.0. The molecule has 1 heterocycles. The average Bonchev–Trinajstić information content (AvgIpc) is 2.33. The fraction of sp³-hybridized carbons (Fsp3) is 0.583. The van der Waals surface area contributed by atoms with Gasteiger partial charge >= 0.3 is 0 Å². The molecule has 0 aliphatic carbocycles. The van der Waals surface area contributed by atoms with Crippen LogP contribution in [0.3, 0.4) is 0 Å². The summed E-state index contributed by atoms with van der Waals surface area (Å²) in [5.74, 6) is 0.880. The predicted octanol–water partition coefficient (Wildman–Crippen LogP) is 1.46. The van der Waals surface area contributed by atoms with E-state index in [1.54, 1.807) is 0 Å². The molecule has 0 spiro atoms. The largest absolute Gasteiger partial charge is 0.368 e. The van der Waals surface area contributed by atoms with Crippen LogP contribution in [0.25, 0.3) is 0 Å². The Hall–Kier alpha value is -1.65. The number of carbonyl (C=O) groups is 1. The molecule has 94 valence electrons. The maximum absolute atomic E-state index is 11.7. The Labute approximate surface area is 102 Å². The highest BCUT2D eigenvalue weighted by Crippen LogP contribution is 2.01. The molecule has 0 radical (unpaired) electrons. The van der Waals surface area contributed by atoms with Crippen molar-refractivity contribution in [2.45, 2.75) is 27.2 Å². The fourth-order valence-electron chi connectivity index (χ4n) is 1.53. The minimum absolute atomic E-state index is 0.169. The van der Waals surface area contributed by atoms with Crippen molar-refractivity contribution in [3.8, 4) is 0 Å². The molecule has 0 bridgehead atoms. The standard InChI is InChI=1S/C12H20N4O/c1-4-16(5-2)12(17)8-9-13-11-7-6-10(3)14-15-11/h6-7H,4-5,8-9H2,1-3H3,(H,13,15). The van der Waals surface area contributed by atoms with E-state index in [1.165, 1.54) is 0 Å². The first-order valence-corrected chi connectivity index (χ1v) is 5.99. The zero-order valence-corrected chi connectivity index (χ0v) is 10.7. The van der Waals surface area contributed by atoms with Gasteiger partial charge in [-0.05, 0) is 32.9 Å². The van der Waals surface area contributed by atoms with E-state index in [0.29, 0.717) is 18.8 Å². The van der Waals surface area contributed by atoms with Crippen molar-refractivity contribution >= 4 is 11.7 Å².